The van der Waals surface area contributed by atoms with E-state index >= 15 is 0 Å². The third-order valence-corrected chi connectivity index (χ3v) is 3.42. The molecule has 0 atom stereocenters. The SMILES string of the molecule is O=C(Cn1nc(C(F)F)cc1C(F)F)NCCN1CCOCC1. The number of morpholine rings is 1. The Hall–Kier alpha value is -1.68. The highest BCUT2D eigenvalue weighted by Gasteiger charge is 2.22. The number of nitrogens with one attached hydrogen (secondary N) is 1. The molecule has 2 heterocycles. The average molecular weight is 338 g/mol. The maximum atomic E-state index is 12.8. The molecule has 0 aliphatic carbocycles. The molecule has 1 saturated heterocycles. The summed E-state index contributed by atoms with van der Waals surface area (Å²) in [5.74, 6) is -0.552. The molecule has 0 unspecified atom stereocenters. The minimum atomic E-state index is -2.98. The van der Waals surface area contributed by atoms with E-state index in [-0.39, 0.29) is 0 Å². The van der Waals surface area contributed by atoms with Gasteiger partial charge in [0.25, 0.3) is 12.9 Å². The molecule has 1 aliphatic rings. The first-order valence-corrected chi connectivity index (χ1v) is 7.18. The predicted octanol–water partition coefficient (Wildman–Crippen LogP) is 1.21. The number of carbonyl (C=O) groups excluding carboxylic acids is 1. The van der Waals surface area contributed by atoms with Gasteiger partial charge in [0.05, 0.1) is 13.2 Å². The van der Waals surface area contributed by atoms with Crippen LogP contribution in [-0.2, 0) is 16.1 Å². The van der Waals surface area contributed by atoms with Gasteiger partial charge in [-0.3, -0.25) is 14.4 Å². The Morgan fingerprint density at radius 2 is 1.96 bits per heavy atom. The van der Waals surface area contributed by atoms with Crippen LogP contribution in [0.4, 0.5) is 17.6 Å². The number of carbonyl (C=O) groups is 1. The number of halogens is 4. The molecule has 1 fully saturated rings. The molecule has 0 radical (unpaired) electrons. The van der Waals surface area contributed by atoms with Gasteiger partial charge in [-0.05, 0) is 6.07 Å². The van der Waals surface area contributed by atoms with Crippen LogP contribution in [0.3, 0.4) is 0 Å². The molecule has 1 aromatic rings. The number of alkyl halides is 4. The first-order valence-electron chi connectivity index (χ1n) is 7.18. The lowest BCUT2D eigenvalue weighted by Crippen LogP contribution is -2.42. The topological polar surface area (TPSA) is 59.4 Å². The van der Waals surface area contributed by atoms with Crippen molar-refractivity contribution in [1.29, 1.82) is 0 Å². The molecule has 0 saturated carbocycles. The molecule has 6 nitrogen and oxygen atoms in total. The Morgan fingerprint density at radius 1 is 1.26 bits per heavy atom. The quantitative estimate of drug-likeness (QED) is 0.759. The fourth-order valence-corrected chi connectivity index (χ4v) is 2.23. The molecule has 1 aromatic heterocycles. The molecule has 130 valence electrons. The van der Waals surface area contributed by atoms with E-state index in [2.05, 4.69) is 15.3 Å². The number of aromatic nitrogens is 2. The Balaban J connectivity index is 1.84. The van der Waals surface area contributed by atoms with Crippen LogP contribution in [0, 0.1) is 0 Å². The van der Waals surface area contributed by atoms with Gasteiger partial charge in [-0.2, -0.15) is 5.10 Å². The lowest BCUT2D eigenvalue weighted by Gasteiger charge is -2.26. The maximum absolute atomic E-state index is 12.8. The number of hydrogen-bond acceptors (Lipinski definition) is 4. The van der Waals surface area contributed by atoms with Crippen LogP contribution < -0.4 is 5.32 Å². The van der Waals surface area contributed by atoms with Crippen molar-refractivity contribution < 1.29 is 27.1 Å². The number of hydrogen-bond donors (Lipinski definition) is 1. The van der Waals surface area contributed by atoms with E-state index in [1.165, 1.54) is 0 Å². The van der Waals surface area contributed by atoms with Crippen molar-refractivity contribution in [2.24, 2.45) is 0 Å². The summed E-state index contributed by atoms with van der Waals surface area (Å²) in [4.78, 5) is 13.9. The summed E-state index contributed by atoms with van der Waals surface area (Å²) in [6.45, 7) is 3.23. The standard InChI is InChI=1S/C13H18F4N4O2/c14-12(15)9-7-10(13(16)17)21(19-9)8-11(22)18-1-2-20-3-5-23-6-4-20/h7,12-13H,1-6,8H2,(H,18,22). The normalized spacial score (nSPS) is 16.3. The molecule has 1 aliphatic heterocycles. The van der Waals surface area contributed by atoms with Crippen LogP contribution in [0.1, 0.15) is 24.2 Å². The summed E-state index contributed by atoms with van der Waals surface area (Å²) in [7, 11) is 0. The van der Waals surface area contributed by atoms with E-state index in [9.17, 15) is 22.4 Å². The van der Waals surface area contributed by atoms with Crippen LogP contribution in [0.15, 0.2) is 6.07 Å². The number of amides is 1. The summed E-state index contributed by atoms with van der Waals surface area (Å²) < 4.78 is 56.5. The zero-order valence-corrected chi connectivity index (χ0v) is 12.4. The van der Waals surface area contributed by atoms with E-state index in [1.54, 1.807) is 0 Å². The van der Waals surface area contributed by atoms with E-state index < -0.39 is 36.7 Å². The van der Waals surface area contributed by atoms with Gasteiger partial charge >= 0.3 is 0 Å². The fraction of sp³-hybridized carbons (Fsp3) is 0.692. The average Bonchev–Trinajstić information content (AvgIpc) is 2.92. The highest BCUT2D eigenvalue weighted by molar-refractivity contribution is 5.75. The Labute approximate surface area is 130 Å². The lowest BCUT2D eigenvalue weighted by molar-refractivity contribution is -0.122. The predicted molar refractivity (Wildman–Crippen MR) is 72.4 cm³/mol. The minimum Gasteiger partial charge on any atom is -0.379 e. The first-order chi connectivity index (χ1) is 11.0. The molecule has 1 N–H and O–H groups in total. The molecule has 0 bridgehead atoms. The molecular weight excluding hydrogens is 320 g/mol. The first kappa shape index (κ1) is 17.7. The van der Waals surface area contributed by atoms with Gasteiger partial charge in [0.15, 0.2) is 0 Å². The second-order valence-corrected chi connectivity index (χ2v) is 5.06. The van der Waals surface area contributed by atoms with Gasteiger partial charge in [0.2, 0.25) is 5.91 Å². The fourth-order valence-electron chi connectivity index (χ4n) is 2.23. The van der Waals surface area contributed by atoms with Gasteiger partial charge in [-0.15, -0.1) is 0 Å². The van der Waals surface area contributed by atoms with E-state index in [4.69, 9.17) is 4.74 Å². The van der Waals surface area contributed by atoms with Gasteiger partial charge in [0.1, 0.15) is 17.9 Å². The van der Waals surface area contributed by atoms with Gasteiger partial charge in [-0.25, -0.2) is 17.6 Å². The summed E-state index contributed by atoms with van der Waals surface area (Å²) in [5, 5.41) is 5.94. The van der Waals surface area contributed by atoms with E-state index in [0.29, 0.717) is 37.1 Å². The van der Waals surface area contributed by atoms with Gasteiger partial charge in [0, 0.05) is 26.2 Å². The van der Waals surface area contributed by atoms with Crippen LogP contribution >= 0.6 is 0 Å². The van der Waals surface area contributed by atoms with Crippen LogP contribution in [0.25, 0.3) is 0 Å². The third-order valence-electron chi connectivity index (χ3n) is 3.42. The second-order valence-electron chi connectivity index (χ2n) is 5.06. The molecule has 2 rings (SSSR count). The number of ether oxygens (including phenoxy) is 1. The maximum Gasteiger partial charge on any atom is 0.282 e. The highest BCUT2D eigenvalue weighted by Crippen LogP contribution is 2.24. The molecule has 0 spiro atoms. The second kappa shape index (κ2) is 8.25. The molecule has 10 heteroatoms. The van der Waals surface area contributed by atoms with Crippen molar-refractivity contribution in [3.63, 3.8) is 0 Å². The Bertz CT molecular complexity index is 518. The van der Waals surface area contributed by atoms with Crippen molar-refractivity contribution >= 4 is 5.91 Å². The third kappa shape index (κ3) is 5.17. The summed E-state index contributed by atoms with van der Waals surface area (Å²) >= 11 is 0. The monoisotopic (exact) mass is 338 g/mol. The van der Waals surface area contributed by atoms with Crippen LogP contribution in [0.2, 0.25) is 0 Å². The summed E-state index contributed by atoms with van der Waals surface area (Å²) in [5.41, 5.74) is -1.45. The largest absolute Gasteiger partial charge is 0.379 e. The lowest BCUT2D eigenvalue weighted by atomic mass is 10.3. The van der Waals surface area contributed by atoms with Crippen molar-refractivity contribution in [2.75, 3.05) is 39.4 Å². The number of rotatable bonds is 7. The zero-order chi connectivity index (χ0) is 16.8. The Kier molecular flexibility index (Phi) is 6.34. The van der Waals surface area contributed by atoms with Crippen molar-refractivity contribution in [1.82, 2.24) is 20.0 Å². The smallest absolute Gasteiger partial charge is 0.282 e. The van der Waals surface area contributed by atoms with Crippen LogP contribution in [0.5, 0.6) is 0 Å². The van der Waals surface area contributed by atoms with Gasteiger partial charge in [-0.1, -0.05) is 0 Å². The Morgan fingerprint density at radius 3 is 2.57 bits per heavy atom. The zero-order valence-electron chi connectivity index (χ0n) is 12.4. The van der Waals surface area contributed by atoms with E-state index in [0.717, 1.165) is 13.1 Å². The van der Waals surface area contributed by atoms with Gasteiger partial charge < -0.3 is 10.1 Å². The van der Waals surface area contributed by atoms with E-state index in [1.807, 2.05) is 0 Å². The van der Waals surface area contributed by atoms with Crippen molar-refractivity contribution in [2.45, 2.75) is 19.4 Å². The van der Waals surface area contributed by atoms with Crippen molar-refractivity contribution in [3.05, 3.63) is 17.5 Å². The molecule has 0 aromatic carbocycles. The molecular formula is C13H18F4N4O2. The van der Waals surface area contributed by atoms with Crippen molar-refractivity contribution in [3.8, 4) is 0 Å². The summed E-state index contributed by atoms with van der Waals surface area (Å²) in [6.07, 6.45) is -5.94. The van der Waals surface area contributed by atoms with Crippen LogP contribution in [-0.4, -0.2) is 60.0 Å². The molecule has 1 amide bonds. The summed E-state index contributed by atoms with van der Waals surface area (Å²) in [6, 6.07) is 0.621. The highest BCUT2D eigenvalue weighted by atomic mass is 19.3. The molecule has 23 heavy (non-hydrogen) atoms. The minimum absolute atomic E-state index is 0.339. The number of nitrogens with zero attached hydrogens (tertiary/aromatic N) is 3.